The molecule has 0 aromatic heterocycles. The Bertz CT molecular complexity index is 729. The molecule has 0 bridgehead atoms. The van der Waals surface area contributed by atoms with Crippen molar-refractivity contribution in [1.82, 2.24) is 0 Å². The van der Waals surface area contributed by atoms with Crippen LogP contribution in [0.25, 0.3) is 0 Å². The van der Waals surface area contributed by atoms with Gasteiger partial charge in [0.15, 0.2) is 0 Å². The zero-order chi connectivity index (χ0) is 14.2. The Morgan fingerprint density at radius 2 is 1.10 bits per heavy atom. The zero-order valence-corrected chi connectivity index (χ0v) is 12.0. The van der Waals surface area contributed by atoms with Crippen LogP contribution in [-0.4, -0.2) is 7.05 Å². The van der Waals surface area contributed by atoms with E-state index in [2.05, 4.69) is 90.8 Å². The summed E-state index contributed by atoms with van der Waals surface area (Å²) in [6.45, 7) is 0. The van der Waals surface area contributed by atoms with Crippen LogP contribution in [0.4, 0.5) is 11.4 Å². The maximum Gasteiger partial charge on any atom is 0.0450 e. The van der Waals surface area contributed by atoms with Gasteiger partial charge in [-0.15, -0.1) is 0 Å². The molecule has 0 unspecified atom stereocenters. The maximum atomic E-state index is 2.30. The molecule has 0 radical (unpaired) electrons. The molecule has 4 rings (SSSR count). The van der Waals surface area contributed by atoms with Crippen LogP contribution in [0, 0.1) is 0 Å². The largest absolute Gasteiger partial charge is 0.344 e. The lowest BCUT2D eigenvalue weighted by Crippen LogP contribution is -2.22. The molecule has 1 aliphatic rings. The van der Waals surface area contributed by atoms with Gasteiger partial charge in [-0.25, -0.2) is 0 Å². The highest BCUT2D eigenvalue weighted by Crippen LogP contribution is 2.47. The molecule has 102 valence electrons. The number of para-hydroxylation sites is 2. The second-order valence-electron chi connectivity index (χ2n) is 5.52. The normalized spacial score (nSPS) is 13.7. The van der Waals surface area contributed by atoms with Gasteiger partial charge in [0, 0.05) is 24.3 Å². The minimum Gasteiger partial charge on any atom is -0.344 e. The first kappa shape index (κ1) is 12.2. The van der Waals surface area contributed by atoms with Crippen molar-refractivity contribution in [1.29, 1.82) is 0 Å². The minimum absolute atomic E-state index is 0.315. The Morgan fingerprint density at radius 3 is 1.67 bits per heavy atom. The lowest BCUT2D eigenvalue weighted by atomic mass is 9.80. The second-order valence-corrected chi connectivity index (χ2v) is 5.52. The number of hydrogen-bond donors (Lipinski definition) is 0. The summed E-state index contributed by atoms with van der Waals surface area (Å²) >= 11 is 0. The first-order valence-corrected chi connectivity index (χ1v) is 7.33. The topological polar surface area (TPSA) is 3.24 Å². The highest BCUT2D eigenvalue weighted by atomic mass is 15.1. The lowest BCUT2D eigenvalue weighted by Gasteiger charge is -2.35. The van der Waals surface area contributed by atoms with Crippen molar-refractivity contribution in [2.24, 2.45) is 0 Å². The van der Waals surface area contributed by atoms with Crippen molar-refractivity contribution in [2.45, 2.75) is 5.92 Å². The Morgan fingerprint density at radius 1 is 0.619 bits per heavy atom. The van der Waals surface area contributed by atoms with Crippen LogP contribution < -0.4 is 4.90 Å². The average Bonchev–Trinajstić information content (AvgIpc) is 2.56. The van der Waals surface area contributed by atoms with Gasteiger partial charge in [0.1, 0.15) is 0 Å². The van der Waals surface area contributed by atoms with Gasteiger partial charge in [0.2, 0.25) is 0 Å². The highest BCUT2D eigenvalue weighted by molar-refractivity contribution is 5.77. The molecule has 1 heterocycles. The third-order valence-electron chi connectivity index (χ3n) is 4.35. The van der Waals surface area contributed by atoms with Crippen LogP contribution in [0.5, 0.6) is 0 Å². The minimum atomic E-state index is 0.315. The van der Waals surface area contributed by atoms with Gasteiger partial charge in [-0.05, 0) is 28.8 Å². The smallest absolute Gasteiger partial charge is 0.0450 e. The second kappa shape index (κ2) is 4.78. The van der Waals surface area contributed by atoms with E-state index < -0.39 is 0 Å². The van der Waals surface area contributed by atoms with Crippen LogP contribution in [-0.2, 0) is 0 Å². The van der Waals surface area contributed by atoms with Crippen molar-refractivity contribution < 1.29 is 0 Å². The van der Waals surface area contributed by atoms with E-state index >= 15 is 0 Å². The molecule has 0 fully saturated rings. The molecule has 0 spiro atoms. The summed E-state index contributed by atoms with van der Waals surface area (Å²) in [4.78, 5) is 2.30. The molecular formula is C20H17N. The lowest BCUT2D eigenvalue weighted by molar-refractivity contribution is 0.926. The van der Waals surface area contributed by atoms with E-state index in [9.17, 15) is 0 Å². The number of rotatable bonds is 1. The predicted octanol–water partition coefficient (Wildman–Crippen LogP) is 4.95. The Balaban J connectivity index is 2.01. The molecule has 1 nitrogen and oxygen atoms in total. The molecule has 0 N–H and O–H groups in total. The Labute approximate surface area is 125 Å². The van der Waals surface area contributed by atoms with E-state index in [1.165, 1.54) is 28.1 Å². The predicted molar refractivity (Wildman–Crippen MR) is 88.3 cm³/mol. The summed E-state index contributed by atoms with van der Waals surface area (Å²) in [5.74, 6) is 0.315. The number of anilines is 2. The van der Waals surface area contributed by atoms with E-state index in [4.69, 9.17) is 0 Å². The summed E-state index contributed by atoms with van der Waals surface area (Å²) in [7, 11) is 2.15. The Hall–Kier alpha value is -2.54. The summed E-state index contributed by atoms with van der Waals surface area (Å²) in [5, 5.41) is 0. The molecule has 3 aromatic rings. The summed E-state index contributed by atoms with van der Waals surface area (Å²) in [6, 6.07) is 28.2. The zero-order valence-electron chi connectivity index (χ0n) is 12.0. The molecular weight excluding hydrogens is 254 g/mol. The van der Waals surface area contributed by atoms with Crippen molar-refractivity contribution in [2.75, 3.05) is 11.9 Å². The molecule has 1 aliphatic heterocycles. The van der Waals surface area contributed by atoms with Gasteiger partial charge >= 0.3 is 0 Å². The summed E-state index contributed by atoms with van der Waals surface area (Å²) in [5.41, 5.74) is 6.70. The standard InChI is InChI=1S/C20H17N/c1-21-18-13-7-5-11-16(18)20(15-9-3-2-4-10-15)17-12-6-8-14-19(17)21/h2-14,20H,1H3. The van der Waals surface area contributed by atoms with Gasteiger partial charge in [0.05, 0.1) is 0 Å². The van der Waals surface area contributed by atoms with Crippen molar-refractivity contribution >= 4 is 11.4 Å². The summed E-state index contributed by atoms with van der Waals surface area (Å²) < 4.78 is 0. The van der Waals surface area contributed by atoms with Crippen LogP contribution in [0.1, 0.15) is 22.6 Å². The Kier molecular flexibility index (Phi) is 2.78. The first-order valence-electron chi connectivity index (χ1n) is 7.33. The fourth-order valence-corrected chi connectivity index (χ4v) is 3.38. The monoisotopic (exact) mass is 271 g/mol. The number of benzene rings is 3. The van der Waals surface area contributed by atoms with E-state index in [0.29, 0.717) is 5.92 Å². The van der Waals surface area contributed by atoms with E-state index in [0.717, 1.165) is 0 Å². The van der Waals surface area contributed by atoms with Crippen LogP contribution in [0.15, 0.2) is 78.9 Å². The average molecular weight is 271 g/mol. The molecule has 0 saturated heterocycles. The SMILES string of the molecule is CN1c2ccccc2C(c2ccccc2)c2ccccc21. The fraction of sp³-hybridized carbons (Fsp3) is 0.100. The molecule has 0 amide bonds. The van der Waals surface area contributed by atoms with Crippen LogP contribution >= 0.6 is 0 Å². The van der Waals surface area contributed by atoms with E-state index in [-0.39, 0.29) is 0 Å². The van der Waals surface area contributed by atoms with Crippen molar-refractivity contribution in [3.8, 4) is 0 Å². The number of nitrogens with zero attached hydrogens (tertiary/aromatic N) is 1. The molecule has 21 heavy (non-hydrogen) atoms. The molecule has 0 saturated carbocycles. The van der Waals surface area contributed by atoms with Crippen LogP contribution in [0.2, 0.25) is 0 Å². The highest BCUT2D eigenvalue weighted by Gasteiger charge is 2.28. The quantitative estimate of drug-likeness (QED) is 0.605. The van der Waals surface area contributed by atoms with Gasteiger partial charge < -0.3 is 4.90 Å². The molecule has 0 atom stereocenters. The van der Waals surface area contributed by atoms with E-state index in [1.807, 2.05) is 0 Å². The van der Waals surface area contributed by atoms with Gasteiger partial charge in [-0.1, -0.05) is 66.7 Å². The van der Waals surface area contributed by atoms with Crippen molar-refractivity contribution in [3.63, 3.8) is 0 Å². The third-order valence-corrected chi connectivity index (χ3v) is 4.35. The van der Waals surface area contributed by atoms with Crippen molar-refractivity contribution in [3.05, 3.63) is 95.6 Å². The maximum absolute atomic E-state index is 2.30. The molecule has 1 heteroatoms. The number of fused-ring (bicyclic) bond motifs is 2. The first-order chi connectivity index (χ1) is 10.4. The molecule has 3 aromatic carbocycles. The van der Waals surface area contributed by atoms with Crippen LogP contribution in [0.3, 0.4) is 0 Å². The summed E-state index contributed by atoms with van der Waals surface area (Å²) in [6.07, 6.45) is 0. The van der Waals surface area contributed by atoms with E-state index in [1.54, 1.807) is 0 Å². The third kappa shape index (κ3) is 1.85. The van der Waals surface area contributed by atoms with Gasteiger partial charge in [0.25, 0.3) is 0 Å². The fourth-order valence-electron chi connectivity index (χ4n) is 3.38. The molecule has 0 aliphatic carbocycles. The van der Waals surface area contributed by atoms with Gasteiger partial charge in [-0.3, -0.25) is 0 Å². The van der Waals surface area contributed by atoms with Gasteiger partial charge in [-0.2, -0.15) is 0 Å². The number of hydrogen-bond acceptors (Lipinski definition) is 1.